The van der Waals surface area contributed by atoms with Crippen molar-refractivity contribution in [2.75, 3.05) is 11.9 Å². The molecule has 3 rings (SSSR count). The van der Waals surface area contributed by atoms with E-state index in [2.05, 4.69) is 15.9 Å². The molecular formula is C16H12BrClFNO. The van der Waals surface area contributed by atoms with Gasteiger partial charge >= 0.3 is 0 Å². The summed E-state index contributed by atoms with van der Waals surface area (Å²) in [6, 6.07) is 10.6. The summed E-state index contributed by atoms with van der Waals surface area (Å²) in [5.74, 6) is -0.298. The van der Waals surface area contributed by atoms with Crippen LogP contribution < -0.4 is 4.90 Å². The minimum absolute atomic E-state index is 0.0573. The smallest absolute Gasteiger partial charge is 0.231 e. The fourth-order valence-corrected chi connectivity index (χ4v) is 3.23. The van der Waals surface area contributed by atoms with Gasteiger partial charge in [-0.1, -0.05) is 24.3 Å². The average Bonchev–Trinajstić information content (AvgIpc) is 2.76. The number of hydrogen-bond donors (Lipinski definition) is 0. The Morgan fingerprint density at radius 1 is 1.33 bits per heavy atom. The van der Waals surface area contributed by atoms with Crippen LogP contribution in [0.25, 0.3) is 0 Å². The Morgan fingerprint density at radius 3 is 2.86 bits per heavy atom. The van der Waals surface area contributed by atoms with E-state index in [4.69, 9.17) is 11.6 Å². The third kappa shape index (κ3) is 2.47. The normalized spacial score (nSPS) is 15.2. The molecule has 21 heavy (non-hydrogen) atoms. The highest BCUT2D eigenvalue weighted by Gasteiger charge is 2.25. The number of benzene rings is 2. The molecule has 5 heteroatoms. The first kappa shape index (κ1) is 14.5. The Balaban J connectivity index is 2.00. The molecule has 0 bridgehead atoms. The lowest BCUT2D eigenvalue weighted by molar-refractivity contribution is -0.117. The van der Waals surface area contributed by atoms with Crippen molar-refractivity contribution in [3.8, 4) is 0 Å². The molecule has 0 spiro atoms. The quantitative estimate of drug-likeness (QED) is 0.718. The van der Waals surface area contributed by atoms with Crippen LogP contribution >= 0.6 is 27.5 Å². The van der Waals surface area contributed by atoms with E-state index in [0.717, 1.165) is 16.8 Å². The number of likely N-dealkylation sites (N-methyl/N-ethyl adjacent to an activating group) is 1. The lowest BCUT2D eigenvalue weighted by atomic mass is 10.0. The molecular weight excluding hydrogens is 357 g/mol. The summed E-state index contributed by atoms with van der Waals surface area (Å²) in [5, 5.41) is -0.589. The number of amides is 1. The first-order valence-corrected chi connectivity index (χ1v) is 7.69. The van der Waals surface area contributed by atoms with Crippen LogP contribution in [0, 0.1) is 5.82 Å². The highest BCUT2D eigenvalue weighted by atomic mass is 79.9. The van der Waals surface area contributed by atoms with Gasteiger partial charge in [-0.25, -0.2) is 4.39 Å². The fourth-order valence-electron chi connectivity index (χ4n) is 2.54. The SMILES string of the molecule is CN1C(=O)Cc2cc(C(Cl)c3cccc(Br)c3F)ccc21. The molecule has 0 saturated carbocycles. The van der Waals surface area contributed by atoms with Gasteiger partial charge in [-0.15, -0.1) is 11.6 Å². The molecule has 2 aromatic rings. The average molecular weight is 369 g/mol. The Bertz CT molecular complexity index is 734. The van der Waals surface area contributed by atoms with E-state index in [0.29, 0.717) is 16.5 Å². The maximum atomic E-state index is 14.1. The van der Waals surface area contributed by atoms with E-state index in [1.807, 2.05) is 18.2 Å². The van der Waals surface area contributed by atoms with Crippen LogP contribution in [0.4, 0.5) is 10.1 Å². The Kier molecular flexibility index (Phi) is 3.76. The molecule has 1 aliphatic heterocycles. The first-order chi connectivity index (χ1) is 9.99. The van der Waals surface area contributed by atoms with Crippen molar-refractivity contribution in [2.24, 2.45) is 0 Å². The number of fused-ring (bicyclic) bond motifs is 1. The Morgan fingerprint density at radius 2 is 2.10 bits per heavy atom. The number of rotatable bonds is 2. The standard InChI is InChI=1S/C16H12BrClFNO/c1-20-13-6-5-9(7-10(13)8-14(20)21)15(18)11-3-2-4-12(17)16(11)19/h2-7,15H,8H2,1H3. The van der Waals surface area contributed by atoms with Gasteiger partial charge in [0.2, 0.25) is 5.91 Å². The van der Waals surface area contributed by atoms with Crippen molar-refractivity contribution in [1.29, 1.82) is 0 Å². The molecule has 1 heterocycles. The molecule has 2 aromatic carbocycles. The lowest BCUT2D eigenvalue weighted by Gasteiger charge is -2.15. The molecule has 0 saturated heterocycles. The molecule has 0 aliphatic carbocycles. The lowest BCUT2D eigenvalue weighted by Crippen LogP contribution is -2.20. The fraction of sp³-hybridized carbons (Fsp3) is 0.188. The van der Waals surface area contributed by atoms with Gasteiger partial charge in [-0.2, -0.15) is 0 Å². The molecule has 0 N–H and O–H groups in total. The van der Waals surface area contributed by atoms with Gasteiger partial charge in [0.15, 0.2) is 0 Å². The molecule has 2 nitrogen and oxygen atoms in total. The number of halogens is 3. The van der Waals surface area contributed by atoms with Gasteiger partial charge in [0, 0.05) is 18.3 Å². The number of alkyl halides is 1. The summed E-state index contributed by atoms with van der Waals surface area (Å²) in [7, 11) is 1.75. The van der Waals surface area contributed by atoms with E-state index in [-0.39, 0.29) is 11.7 Å². The van der Waals surface area contributed by atoms with Crippen LogP contribution in [0.1, 0.15) is 22.1 Å². The minimum atomic E-state index is -0.589. The van der Waals surface area contributed by atoms with Gasteiger partial charge in [0.1, 0.15) is 5.82 Å². The van der Waals surface area contributed by atoms with Crippen LogP contribution in [0.5, 0.6) is 0 Å². The molecule has 108 valence electrons. The molecule has 1 aliphatic rings. The zero-order valence-corrected chi connectivity index (χ0v) is 13.6. The van der Waals surface area contributed by atoms with Crippen LogP contribution in [0.3, 0.4) is 0 Å². The van der Waals surface area contributed by atoms with Gasteiger partial charge in [0.25, 0.3) is 0 Å². The third-order valence-electron chi connectivity index (χ3n) is 3.73. The van der Waals surface area contributed by atoms with Crippen LogP contribution in [0.15, 0.2) is 40.9 Å². The van der Waals surface area contributed by atoms with Gasteiger partial charge < -0.3 is 4.90 Å². The largest absolute Gasteiger partial charge is 0.315 e. The van der Waals surface area contributed by atoms with E-state index in [1.54, 1.807) is 30.1 Å². The monoisotopic (exact) mass is 367 g/mol. The zero-order chi connectivity index (χ0) is 15.1. The van der Waals surface area contributed by atoms with E-state index in [9.17, 15) is 9.18 Å². The van der Waals surface area contributed by atoms with Crippen molar-refractivity contribution >= 4 is 39.1 Å². The number of hydrogen-bond acceptors (Lipinski definition) is 1. The summed E-state index contributed by atoms with van der Waals surface area (Å²) in [6.07, 6.45) is 0.365. The summed E-state index contributed by atoms with van der Waals surface area (Å²) >= 11 is 9.59. The van der Waals surface area contributed by atoms with Crippen LogP contribution in [-0.2, 0) is 11.2 Å². The van der Waals surface area contributed by atoms with Gasteiger partial charge in [-0.05, 0) is 39.2 Å². The van der Waals surface area contributed by atoms with Gasteiger partial charge in [-0.3, -0.25) is 4.79 Å². The maximum Gasteiger partial charge on any atom is 0.231 e. The molecule has 0 fully saturated rings. The third-order valence-corrected chi connectivity index (χ3v) is 4.83. The topological polar surface area (TPSA) is 20.3 Å². The molecule has 0 aromatic heterocycles. The molecule has 0 radical (unpaired) electrons. The van der Waals surface area contributed by atoms with E-state index < -0.39 is 5.38 Å². The van der Waals surface area contributed by atoms with Crippen molar-refractivity contribution in [2.45, 2.75) is 11.8 Å². The van der Waals surface area contributed by atoms with Crippen LogP contribution in [0.2, 0.25) is 0 Å². The van der Waals surface area contributed by atoms with Crippen molar-refractivity contribution in [1.82, 2.24) is 0 Å². The van der Waals surface area contributed by atoms with E-state index in [1.165, 1.54) is 0 Å². The predicted octanol–water partition coefficient (Wildman–Crippen LogP) is 4.44. The molecule has 1 unspecified atom stereocenters. The second-order valence-electron chi connectivity index (χ2n) is 5.02. The Labute approximate surface area is 135 Å². The van der Waals surface area contributed by atoms with Crippen LogP contribution in [-0.4, -0.2) is 13.0 Å². The highest BCUT2D eigenvalue weighted by molar-refractivity contribution is 9.10. The summed E-state index contributed by atoms with van der Waals surface area (Å²) < 4.78 is 14.5. The number of nitrogens with zero attached hydrogens (tertiary/aromatic N) is 1. The zero-order valence-electron chi connectivity index (χ0n) is 11.2. The summed E-state index contributed by atoms with van der Waals surface area (Å²) in [4.78, 5) is 13.3. The second kappa shape index (κ2) is 5.43. The molecule has 1 atom stereocenters. The number of anilines is 1. The maximum absolute atomic E-state index is 14.1. The Hall–Kier alpha value is -1.39. The predicted molar refractivity (Wildman–Crippen MR) is 85.4 cm³/mol. The van der Waals surface area contributed by atoms with Crippen molar-refractivity contribution < 1.29 is 9.18 Å². The summed E-state index contributed by atoms with van der Waals surface area (Å²) in [5.41, 5.74) is 3.03. The second-order valence-corrected chi connectivity index (χ2v) is 6.31. The number of carbonyl (C=O) groups excluding carboxylic acids is 1. The number of carbonyl (C=O) groups is 1. The van der Waals surface area contributed by atoms with Crippen molar-refractivity contribution in [3.05, 3.63) is 63.4 Å². The molecule has 1 amide bonds. The minimum Gasteiger partial charge on any atom is -0.315 e. The first-order valence-electron chi connectivity index (χ1n) is 6.46. The van der Waals surface area contributed by atoms with Gasteiger partial charge in [0.05, 0.1) is 16.3 Å². The summed E-state index contributed by atoms with van der Waals surface area (Å²) in [6.45, 7) is 0. The highest BCUT2D eigenvalue weighted by Crippen LogP contribution is 2.36. The van der Waals surface area contributed by atoms with E-state index >= 15 is 0 Å². The van der Waals surface area contributed by atoms with Crippen molar-refractivity contribution in [3.63, 3.8) is 0 Å².